The first-order chi connectivity index (χ1) is 15.8. The first-order valence-electron chi connectivity index (χ1n) is 10.0. The molecular weight excluding hydrogens is 428 g/mol. The third kappa shape index (κ3) is 4.95. The van der Waals surface area contributed by atoms with Crippen molar-refractivity contribution in [3.05, 3.63) is 106 Å². The number of aryl methyl sites for hydroxylation is 1. The number of carbonyl (C=O) groups is 1. The van der Waals surface area contributed by atoms with Crippen molar-refractivity contribution < 1.29 is 18.7 Å². The van der Waals surface area contributed by atoms with Crippen LogP contribution in [0.25, 0.3) is 22.5 Å². The van der Waals surface area contributed by atoms with Crippen molar-refractivity contribution >= 4 is 5.91 Å². The summed E-state index contributed by atoms with van der Waals surface area (Å²) in [5.41, 5.74) is 2.94. The van der Waals surface area contributed by atoms with Gasteiger partial charge in [0.2, 0.25) is 0 Å². The van der Waals surface area contributed by atoms with Gasteiger partial charge in [-0.1, -0.05) is 18.2 Å². The van der Waals surface area contributed by atoms with E-state index in [0.717, 1.165) is 12.1 Å². The lowest BCUT2D eigenvalue weighted by Crippen LogP contribution is -2.23. The van der Waals surface area contributed by atoms with Gasteiger partial charge in [0.1, 0.15) is 17.4 Å². The van der Waals surface area contributed by atoms with E-state index in [-0.39, 0.29) is 17.9 Å². The van der Waals surface area contributed by atoms with Gasteiger partial charge in [0.25, 0.3) is 5.91 Å². The van der Waals surface area contributed by atoms with Gasteiger partial charge < -0.3 is 15.4 Å². The van der Waals surface area contributed by atoms with Crippen molar-refractivity contribution in [3.8, 4) is 28.3 Å². The molecule has 4 rings (SSSR count). The highest BCUT2D eigenvalue weighted by Gasteiger charge is 2.11. The normalized spacial score (nSPS) is 10.8. The Labute approximate surface area is 187 Å². The first kappa shape index (κ1) is 21.9. The summed E-state index contributed by atoms with van der Waals surface area (Å²) < 4.78 is 26.7. The third-order valence-corrected chi connectivity index (χ3v) is 5.15. The van der Waals surface area contributed by atoms with Crippen LogP contribution in [0.5, 0.6) is 5.75 Å². The largest absolute Gasteiger partial charge is 0.508 e. The number of H-pyrrole nitrogens is 1. The highest BCUT2D eigenvalue weighted by atomic mass is 19.1. The number of hydrogen-bond acceptors (Lipinski definition) is 4. The number of phenols is 1. The van der Waals surface area contributed by atoms with E-state index in [1.165, 1.54) is 6.07 Å². The van der Waals surface area contributed by atoms with Gasteiger partial charge >= 0.3 is 5.69 Å². The van der Waals surface area contributed by atoms with E-state index in [1.807, 2.05) is 0 Å². The summed E-state index contributed by atoms with van der Waals surface area (Å²) in [6.45, 7) is 1.67. The lowest BCUT2D eigenvalue weighted by atomic mass is 10.0. The molecule has 0 saturated heterocycles. The Balaban J connectivity index is 1.53. The summed E-state index contributed by atoms with van der Waals surface area (Å²) in [6.07, 6.45) is 0. The lowest BCUT2D eigenvalue weighted by molar-refractivity contribution is 0.0950. The number of nitrogens with zero attached hydrogens (tertiary/aromatic N) is 1. The molecule has 8 heteroatoms. The molecule has 33 heavy (non-hydrogen) atoms. The van der Waals surface area contributed by atoms with Crippen molar-refractivity contribution in [1.29, 1.82) is 0 Å². The van der Waals surface area contributed by atoms with E-state index in [1.54, 1.807) is 55.5 Å². The Kier molecular flexibility index (Phi) is 5.99. The van der Waals surface area contributed by atoms with Gasteiger partial charge in [-0.15, -0.1) is 0 Å². The Morgan fingerprint density at radius 3 is 2.42 bits per heavy atom. The zero-order valence-corrected chi connectivity index (χ0v) is 17.5. The average molecular weight is 447 g/mol. The van der Waals surface area contributed by atoms with E-state index in [0.29, 0.717) is 33.6 Å². The summed E-state index contributed by atoms with van der Waals surface area (Å²) in [5, 5.41) is 12.3. The third-order valence-electron chi connectivity index (χ3n) is 5.15. The maximum Gasteiger partial charge on any atom is 0.345 e. The second kappa shape index (κ2) is 9.04. The second-order valence-corrected chi connectivity index (χ2v) is 7.48. The number of aromatic hydroxyl groups is 1. The Morgan fingerprint density at radius 1 is 1.00 bits per heavy atom. The molecule has 3 aromatic carbocycles. The zero-order valence-electron chi connectivity index (χ0n) is 17.5. The quantitative estimate of drug-likeness (QED) is 0.425. The molecule has 0 fully saturated rings. The summed E-state index contributed by atoms with van der Waals surface area (Å²) in [5.74, 6) is -1.68. The first-order valence-corrected chi connectivity index (χ1v) is 10.0. The number of amides is 1. The minimum absolute atomic E-state index is 0.0836. The summed E-state index contributed by atoms with van der Waals surface area (Å²) in [4.78, 5) is 31.2. The van der Waals surface area contributed by atoms with Crippen LogP contribution >= 0.6 is 0 Å². The molecule has 0 atom stereocenters. The summed E-state index contributed by atoms with van der Waals surface area (Å²) in [6, 6.07) is 16.3. The molecule has 0 spiro atoms. The minimum Gasteiger partial charge on any atom is -0.508 e. The maximum atomic E-state index is 13.7. The number of hydrogen-bond donors (Lipinski definition) is 3. The van der Waals surface area contributed by atoms with E-state index < -0.39 is 23.2 Å². The van der Waals surface area contributed by atoms with E-state index >= 15 is 0 Å². The number of rotatable bonds is 5. The number of nitrogens with one attached hydrogen (secondary N) is 2. The molecule has 0 saturated carbocycles. The molecule has 3 N–H and O–H groups in total. The number of aromatic nitrogens is 2. The second-order valence-electron chi connectivity index (χ2n) is 7.48. The molecule has 0 radical (unpaired) electrons. The maximum absolute atomic E-state index is 13.7. The fourth-order valence-electron chi connectivity index (χ4n) is 3.32. The zero-order chi connectivity index (χ0) is 23.5. The van der Waals surface area contributed by atoms with Gasteiger partial charge in [0.05, 0.1) is 11.4 Å². The molecule has 4 aromatic rings. The average Bonchev–Trinajstić information content (AvgIpc) is 2.80. The molecular formula is C25H19F2N3O3. The van der Waals surface area contributed by atoms with Crippen LogP contribution < -0.4 is 11.0 Å². The van der Waals surface area contributed by atoms with E-state index in [4.69, 9.17) is 0 Å². The van der Waals surface area contributed by atoms with Crippen molar-refractivity contribution in [2.45, 2.75) is 13.5 Å². The Morgan fingerprint density at radius 2 is 1.73 bits per heavy atom. The smallest absolute Gasteiger partial charge is 0.345 e. The van der Waals surface area contributed by atoms with Crippen LogP contribution in [0, 0.1) is 18.6 Å². The Bertz CT molecular complexity index is 1400. The highest BCUT2D eigenvalue weighted by Crippen LogP contribution is 2.26. The van der Waals surface area contributed by atoms with Crippen LogP contribution in [0.15, 0.2) is 71.5 Å². The molecule has 6 nitrogen and oxygen atoms in total. The number of benzene rings is 3. The standard InChI is InChI=1S/C25H19F2N3O3/c1-14-10-17(7-9-23(14)31)22-12-21(29-25(33)30-22)15-2-4-16(5-3-15)24(32)28-13-18-6-8-19(26)11-20(18)27/h2-12,31H,13H2,1H3,(H,28,32)(H,29,30,33). The molecule has 1 amide bonds. The van der Waals surface area contributed by atoms with Gasteiger partial charge in [-0.25, -0.2) is 13.6 Å². The van der Waals surface area contributed by atoms with Crippen LogP contribution in [0.2, 0.25) is 0 Å². The van der Waals surface area contributed by atoms with E-state index in [2.05, 4.69) is 15.3 Å². The van der Waals surface area contributed by atoms with Crippen LogP contribution in [-0.4, -0.2) is 21.0 Å². The van der Waals surface area contributed by atoms with Gasteiger partial charge in [0, 0.05) is 29.3 Å². The number of aromatic amines is 1. The van der Waals surface area contributed by atoms with Crippen LogP contribution in [-0.2, 0) is 6.54 Å². The molecule has 0 aliphatic heterocycles. The van der Waals surface area contributed by atoms with Crippen molar-refractivity contribution in [2.75, 3.05) is 0 Å². The molecule has 0 aliphatic rings. The lowest BCUT2D eigenvalue weighted by Gasteiger charge is -2.09. The van der Waals surface area contributed by atoms with Gasteiger partial charge in [-0.05, 0) is 60.5 Å². The van der Waals surface area contributed by atoms with Gasteiger partial charge in [-0.3, -0.25) is 4.79 Å². The predicted octanol–water partition coefficient (Wildman–Crippen LogP) is 4.33. The van der Waals surface area contributed by atoms with E-state index in [9.17, 15) is 23.5 Å². The van der Waals surface area contributed by atoms with Crippen LogP contribution in [0.4, 0.5) is 8.78 Å². The summed E-state index contributed by atoms with van der Waals surface area (Å²) in [7, 11) is 0. The predicted molar refractivity (Wildman–Crippen MR) is 120 cm³/mol. The SMILES string of the molecule is Cc1cc(-c2cc(-c3ccc(C(=O)NCc4ccc(F)cc4F)cc3)[nH]c(=O)n2)ccc1O. The molecule has 1 heterocycles. The summed E-state index contributed by atoms with van der Waals surface area (Å²) >= 11 is 0. The van der Waals surface area contributed by atoms with Gasteiger partial charge in [-0.2, -0.15) is 4.98 Å². The van der Waals surface area contributed by atoms with Crippen molar-refractivity contribution in [2.24, 2.45) is 0 Å². The fourth-order valence-corrected chi connectivity index (χ4v) is 3.32. The number of halogens is 2. The molecule has 0 bridgehead atoms. The molecule has 1 aromatic heterocycles. The molecule has 166 valence electrons. The van der Waals surface area contributed by atoms with Crippen LogP contribution in [0.1, 0.15) is 21.5 Å². The fraction of sp³-hybridized carbons (Fsp3) is 0.0800. The number of carbonyl (C=O) groups excluding carboxylic acids is 1. The molecule has 0 unspecified atom stereocenters. The van der Waals surface area contributed by atoms with Gasteiger partial charge in [0.15, 0.2) is 0 Å². The Hall–Kier alpha value is -4.33. The van der Waals surface area contributed by atoms with Crippen molar-refractivity contribution in [1.82, 2.24) is 15.3 Å². The molecule has 0 aliphatic carbocycles. The minimum atomic E-state index is -0.730. The van der Waals surface area contributed by atoms with Crippen molar-refractivity contribution in [3.63, 3.8) is 0 Å². The number of phenolic OH excluding ortho intramolecular Hbond substituents is 1. The topological polar surface area (TPSA) is 95.1 Å². The van der Waals surface area contributed by atoms with Crippen LogP contribution in [0.3, 0.4) is 0 Å². The monoisotopic (exact) mass is 447 g/mol. The highest BCUT2D eigenvalue weighted by molar-refractivity contribution is 5.94.